The molecule has 2 amide bonds. The minimum absolute atomic E-state index is 0. The number of aliphatic hydroxyl groups is 1. The maximum absolute atomic E-state index is 12.7. The molecule has 0 radical (unpaired) electrons. The molecule has 208 valence electrons. The van der Waals surface area contributed by atoms with Gasteiger partial charge in [0.25, 0.3) is 5.91 Å². The molecule has 0 bridgehead atoms. The Kier molecular flexibility index (Phi) is 13.9. The number of amides is 2. The molecule has 0 aromatic heterocycles. The number of carboxylic acids is 2. The van der Waals surface area contributed by atoms with Crippen molar-refractivity contribution in [3.63, 3.8) is 0 Å². The van der Waals surface area contributed by atoms with Crippen LogP contribution in [0.25, 0.3) is 0 Å². The van der Waals surface area contributed by atoms with E-state index < -0.39 is 63.5 Å². The van der Waals surface area contributed by atoms with E-state index in [9.17, 15) is 42.9 Å². The predicted octanol–water partition coefficient (Wildman–Crippen LogP) is -8.04. The molecule has 0 aliphatic carbocycles. The number of nitrogens with one attached hydrogen (secondary N) is 2. The van der Waals surface area contributed by atoms with E-state index in [4.69, 9.17) is 0 Å². The minimum atomic E-state index is -4.17. The molecular weight excluding hydrogens is 584 g/mol. The first-order valence-electron chi connectivity index (χ1n) is 11.8. The van der Waals surface area contributed by atoms with Gasteiger partial charge in [-0.05, 0) is 41.5 Å². The van der Waals surface area contributed by atoms with Gasteiger partial charge in [0.05, 0.1) is 35.2 Å². The fraction of sp³-hybridized carbons (Fsp3) is 0.500. The van der Waals surface area contributed by atoms with Gasteiger partial charge in [-0.1, -0.05) is 32.9 Å². The molecule has 0 spiro atoms. The second-order valence-corrected chi connectivity index (χ2v) is 12.8. The number of hydrogen-bond donors (Lipinski definition) is 3. The van der Waals surface area contributed by atoms with Crippen molar-refractivity contribution in [2.75, 3.05) is 12.4 Å². The van der Waals surface area contributed by atoms with Crippen molar-refractivity contribution < 1.29 is 102 Å². The van der Waals surface area contributed by atoms with E-state index in [1.807, 2.05) is 20.8 Å². The number of nitrogens with zero attached hydrogens (tertiary/aromatic N) is 1. The molecular formula is C24H29N3Na2O9S2. The van der Waals surface area contributed by atoms with Crippen LogP contribution in [0.5, 0.6) is 0 Å². The van der Waals surface area contributed by atoms with Crippen molar-refractivity contribution >= 4 is 45.5 Å². The molecule has 1 fully saturated rings. The van der Waals surface area contributed by atoms with Gasteiger partial charge in [-0.2, -0.15) is 0 Å². The molecule has 2 aliphatic rings. The van der Waals surface area contributed by atoms with Gasteiger partial charge in [0.1, 0.15) is 11.4 Å². The summed E-state index contributed by atoms with van der Waals surface area (Å²) < 4.78 is 27.5. The van der Waals surface area contributed by atoms with Crippen molar-refractivity contribution in [2.24, 2.45) is 0 Å². The van der Waals surface area contributed by atoms with E-state index in [2.05, 4.69) is 10.0 Å². The summed E-state index contributed by atoms with van der Waals surface area (Å²) in [5.41, 5.74) is 0.449. The van der Waals surface area contributed by atoms with Crippen LogP contribution in [0.1, 0.15) is 45.6 Å². The summed E-state index contributed by atoms with van der Waals surface area (Å²) in [5, 5.41) is 34.1. The second kappa shape index (κ2) is 15.0. The van der Waals surface area contributed by atoms with E-state index in [0.29, 0.717) is 0 Å². The number of carboxylic acid groups (broad SMARTS) is 2. The van der Waals surface area contributed by atoms with Crippen LogP contribution in [0, 0.1) is 0 Å². The van der Waals surface area contributed by atoms with Crippen molar-refractivity contribution in [3.8, 4) is 0 Å². The maximum atomic E-state index is 12.7. The van der Waals surface area contributed by atoms with Gasteiger partial charge in [-0.15, -0.1) is 11.8 Å². The zero-order valence-corrected chi connectivity index (χ0v) is 28.7. The zero-order chi connectivity index (χ0) is 28.4. The van der Waals surface area contributed by atoms with Crippen LogP contribution in [0.15, 0.2) is 40.4 Å². The van der Waals surface area contributed by atoms with Crippen LogP contribution in [0.4, 0.5) is 0 Å². The molecule has 1 aromatic carbocycles. The fourth-order valence-corrected chi connectivity index (χ4v) is 6.67. The van der Waals surface area contributed by atoms with Gasteiger partial charge >= 0.3 is 59.1 Å². The first-order chi connectivity index (χ1) is 17.7. The number of sulfonamides is 1. The number of fused-ring (bicyclic) bond motifs is 1. The summed E-state index contributed by atoms with van der Waals surface area (Å²) in [5.74, 6) is -4.36. The number of β-lactam (4-membered cyclic amide) rings is 1. The summed E-state index contributed by atoms with van der Waals surface area (Å²) >= 11 is 1.18. The Morgan fingerprint density at radius 1 is 1.15 bits per heavy atom. The Labute approximate surface area is 281 Å². The summed E-state index contributed by atoms with van der Waals surface area (Å²) in [6, 6.07) is 3.49. The number of benzene rings is 1. The van der Waals surface area contributed by atoms with Crippen LogP contribution >= 0.6 is 11.8 Å². The Bertz CT molecular complexity index is 1270. The smallest absolute Gasteiger partial charge is 0.548 e. The molecule has 1 unspecified atom stereocenters. The molecule has 0 saturated carbocycles. The number of rotatable bonds is 11. The van der Waals surface area contributed by atoms with Crippen LogP contribution in [-0.4, -0.2) is 72.0 Å². The molecule has 3 rings (SSSR count). The summed E-state index contributed by atoms with van der Waals surface area (Å²) in [4.78, 5) is 48.7. The summed E-state index contributed by atoms with van der Waals surface area (Å²) in [6.45, 7) is 5.36. The van der Waals surface area contributed by atoms with Crippen molar-refractivity contribution in [2.45, 2.75) is 67.8 Å². The predicted molar refractivity (Wildman–Crippen MR) is 132 cm³/mol. The summed E-state index contributed by atoms with van der Waals surface area (Å²) in [6.07, 6.45) is -0.481. The van der Waals surface area contributed by atoms with Crippen LogP contribution in [0.3, 0.4) is 0 Å². The molecule has 2 aliphatic heterocycles. The zero-order valence-electron chi connectivity index (χ0n) is 23.1. The third kappa shape index (κ3) is 8.55. The monoisotopic (exact) mass is 613 g/mol. The molecule has 40 heavy (non-hydrogen) atoms. The third-order valence-electron chi connectivity index (χ3n) is 6.26. The first-order valence-corrected chi connectivity index (χ1v) is 14.3. The Morgan fingerprint density at radius 2 is 1.75 bits per heavy atom. The number of thioether (sulfide) groups is 1. The van der Waals surface area contributed by atoms with Gasteiger partial charge in [0.2, 0.25) is 15.9 Å². The van der Waals surface area contributed by atoms with Crippen molar-refractivity contribution in [1.29, 1.82) is 0 Å². The second-order valence-electron chi connectivity index (χ2n) is 10.0. The standard InChI is InChI=1S/C24H31N3O9S2.2Na/c1-24(2,3)14-7-9-15(10-8-14)38(35,36)26-16(22(31)32)5-4-6-17(29)25-18-20(30)27-19(23(33)34)13(11-28)12-37-21(18)27;;/h7-10,16,18,21,26,28H,4-6,11-12H2,1-3H3,(H,25,29)(H,31,32)(H,33,34);;/q;2*+1/p-2/t16?,18-,21+;;/m1../s1. The first kappa shape index (κ1) is 37.1. The average molecular weight is 614 g/mol. The Morgan fingerprint density at radius 3 is 2.25 bits per heavy atom. The van der Waals surface area contributed by atoms with Gasteiger partial charge in [-0.25, -0.2) is 13.1 Å². The number of hydrogen-bond acceptors (Lipinski definition) is 10. The van der Waals surface area contributed by atoms with E-state index in [1.54, 1.807) is 12.1 Å². The molecule has 1 saturated heterocycles. The SMILES string of the molecule is CC(C)(C)c1ccc(S(=O)(=O)NC(CCCC(=O)N[C@@H]2C(=O)N3C(C(=O)[O-])=C(CO)CS[C@@H]23)C(=O)[O-])cc1.[Na+].[Na+]. The van der Waals surface area contributed by atoms with Crippen LogP contribution in [0.2, 0.25) is 0 Å². The largest absolute Gasteiger partial charge is 1.00 e. The number of aliphatic carboxylic acids is 2. The van der Waals surface area contributed by atoms with E-state index >= 15 is 0 Å². The Hall–Kier alpha value is -0.940. The number of carbonyl (C=O) groups is 4. The molecule has 1 aromatic rings. The third-order valence-corrected chi connectivity index (χ3v) is 9.08. The quantitative estimate of drug-likeness (QED) is 0.159. The number of carbonyl (C=O) groups excluding carboxylic acids is 4. The van der Waals surface area contributed by atoms with Crippen molar-refractivity contribution in [1.82, 2.24) is 14.9 Å². The van der Waals surface area contributed by atoms with E-state index in [1.165, 1.54) is 23.9 Å². The van der Waals surface area contributed by atoms with E-state index in [-0.39, 0.29) is 100 Å². The fourth-order valence-electron chi connectivity index (χ4n) is 4.12. The molecule has 16 heteroatoms. The summed E-state index contributed by atoms with van der Waals surface area (Å²) in [7, 11) is -4.17. The molecule has 12 nitrogen and oxygen atoms in total. The molecule has 2 heterocycles. The topological polar surface area (TPSA) is 196 Å². The van der Waals surface area contributed by atoms with E-state index in [0.717, 1.165) is 10.5 Å². The number of aliphatic hydroxyl groups excluding tert-OH is 1. The Balaban J connectivity index is 0.00000400. The normalized spacial score (nSPS) is 19.4. The molecule has 3 N–H and O–H groups in total. The van der Waals surface area contributed by atoms with Crippen LogP contribution in [-0.2, 0) is 34.6 Å². The maximum Gasteiger partial charge on any atom is 1.00 e. The van der Waals surface area contributed by atoms with Crippen LogP contribution < -0.4 is 79.4 Å². The van der Waals surface area contributed by atoms with Gasteiger partial charge in [-0.3, -0.25) is 14.5 Å². The van der Waals surface area contributed by atoms with Gasteiger partial charge in [0.15, 0.2) is 0 Å². The minimum Gasteiger partial charge on any atom is -0.548 e. The van der Waals surface area contributed by atoms with Gasteiger partial charge in [0, 0.05) is 12.2 Å². The average Bonchev–Trinajstić information content (AvgIpc) is 2.84. The molecule has 3 atom stereocenters. The van der Waals surface area contributed by atoms with Crippen molar-refractivity contribution in [3.05, 3.63) is 41.1 Å². The van der Waals surface area contributed by atoms with Gasteiger partial charge < -0.3 is 30.2 Å².